The Balaban J connectivity index is 2.07. The van der Waals surface area contributed by atoms with Crippen molar-refractivity contribution in [1.29, 1.82) is 0 Å². The summed E-state index contributed by atoms with van der Waals surface area (Å²) in [5.41, 5.74) is 2.15. The lowest BCUT2D eigenvalue weighted by Gasteiger charge is -2.32. The molecule has 174 valence electrons. The number of ether oxygens (including phenoxy) is 1. The number of aryl methyl sites for hydroxylation is 1. The minimum Gasteiger partial charge on any atom is -0.494 e. The number of carbonyl (C=O) groups excluding carboxylic acids is 2. The highest BCUT2D eigenvalue weighted by molar-refractivity contribution is 6.30. The number of hydrogen-bond acceptors (Lipinski definition) is 3. The lowest BCUT2D eigenvalue weighted by Crippen LogP contribution is -2.50. The van der Waals surface area contributed by atoms with Crippen molar-refractivity contribution in [2.24, 2.45) is 0 Å². The Morgan fingerprint density at radius 1 is 1.06 bits per heavy atom. The van der Waals surface area contributed by atoms with E-state index in [2.05, 4.69) is 5.32 Å². The van der Waals surface area contributed by atoms with E-state index in [4.69, 9.17) is 16.3 Å². The van der Waals surface area contributed by atoms with Crippen LogP contribution in [0.3, 0.4) is 0 Å². The largest absolute Gasteiger partial charge is 0.494 e. The smallest absolute Gasteiger partial charge is 0.243 e. The van der Waals surface area contributed by atoms with Gasteiger partial charge in [-0.3, -0.25) is 9.59 Å². The second-order valence-electron chi connectivity index (χ2n) is 8.10. The third-order valence-corrected chi connectivity index (χ3v) is 5.86. The van der Waals surface area contributed by atoms with Gasteiger partial charge in [-0.2, -0.15) is 0 Å². The maximum absolute atomic E-state index is 13.2. The predicted octanol–water partition coefficient (Wildman–Crippen LogP) is 5.53. The van der Waals surface area contributed by atoms with Gasteiger partial charge in [0.15, 0.2) is 0 Å². The zero-order chi connectivity index (χ0) is 23.5. The standard InChI is InChI=1S/C26H35ClN2O3/c1-5-20(4)28-26(31)24(6-2)29(18-21-11-8-7-10-19(21)3)25(30)12-9-17-32-23-15-13-22(27)14-16-23/h7-8,10-11,13-16,20,24H,5-6,9,12,17-18H2,1-4H3,(H,28,31). The summed E-state index contributed by atoms with van der Waals surface area (Å²) in [5.74, 6) is 0.582. The average Bonchev–Trinajstić information content (AvgIpc) is 2.78. The molecule has 0 aliphatic carbocycles. The third kappa shape index (κ3) is 7.86. The van der Waals surface area contributed by atoms with E-state index in [1.807, 2.05) is 52.0 Å². The molecule has 2 aromatic rings. The van der Waals surface area contributed by atoms with Crippen LogP contribution in [0, 0.1) is 6.92 Å². The van der Waals surface area contributed by atoms with E-state index in [1.165, 1.54) is 0 Å². The SMILES string of the molecule is CCC(C)NC(=O)C(CC)N(Cc1ccccc1C)C(=O)CCCOc1ccc(Cl)cc1. The summed E-state index contributed by atoms with van der Waals surface area (Å²) in [6.45, 7) is 8.81. The Morgan fingerprint density at radius 2 is 1.75 bits per heavy atom. The van der Waals surface area contributed by atoms with Gasteiger partial charge in [-0.25, -0.2) is 0 Å². The van der Waals surface area contributed by atoms with Crippen molar-refractivity contribution >= 4 is 23.4 Å². The molecule has 2 rings (SSSR count). The van der Waals surface area contributed by atoms with E-state index in [-0.39, 0.29) is 17.9 Å². The highest BCUT2D eigenvalue weighted by Gasteiger charge is 2.29. The van der Waals surface area contributed by atoms with E-state index in [0.29, 0.717) is 37.4 Å². The number of rotatable bonds is 12. The predicted molar refractivity (Wildman–Crippen MR) is 130 cm³/mol. The van der Waals surface area contributed by atoms with Gasteiger partial charge in [0.25, 0.3) is 0 Å². The molecule has 0 bridgehead atoms. The molecular formula is C26H35ClN2O3. The second kappa shape index (κ2) is 13.1. The molecule has 0 fully saturated rings. The van der Waals surface area contributed by atoms with Gasteiger partial charge in [0.2, 0.25) is 11.8 Å². The van der Waals surface area contributed by atoms with Crippen LogP contribution in [-0.2, 0) is 16.1 Å². The molecule has 0 saturated heterocycles. The monoisotopic (exact) mass is 458 g/mol. The van der Waals surface area contributed by atoms with Crippen LogP contribution in [0.5, 0.6) is 5.75 Å². The van der Waals surface area contributed by atoms with Crippen LogP contribution in [0.25, 0.3) is 0 Å². The first-order valence-electron chi connectivity index (χ1n) is 11.4. The van der Waals surface area contributed by atoms with Gasteiger partial charge < -0.3 is 15.0 Å². The lowest BCUT2D eigenvalue weighted by atomic mass is 10.0. The Bertz CT molecular complexity index is 870. The molecule has 2 atom stereocenters. The van der Waals surface area contributed by atoms with E-state index < -0.39 is 6.04 Å². The molecule has 0 aliphatic rings. The first-order chi connectivity index (χ1) is 15.3. The molecule has 5 nitrogen and oxygen atoms in total. The van der Waals surface area contributed by atoms with Gasteiger partial charge in [-0.05, 0) is 68.5 Å². The molecule has 0 spiro atoms. The number of halogens is 1. The molecular weight excluding hydrogens is 424 g/mol. The van der Waals surface area contributed by atoms with Crippen molar-refractivity contribution in [3.63, 3.8) is 0 Å². The van der Waals surface area contributed by atoms with E-state index in [0.717, 1.165) is 23.3 Å². The molecule has 0 radical (unpaired) electrons. The topological polar surface area (TPSA) is 58.6 Å². The number of carbonyl (C=O) groups is 2. The molecule has 1 N–H and O–H groups in total. The molecule has 0 heterocycles. The van der Waals surface area contributed by atoms with E-state index >= 15 is 0 Å². The van der Waals surface area contributed by atoms with Crippen LogP contribution in [0.2, 0.25) is 5.02 Å². The van der Waals surface area contributed by atoms with Gasteiger partial charge in [-0.1, -0.05) is 49.7 Å². The highest BCUT2D eigenvalue weighted by Crippen LogP contribution is 2.18. The fraction of sp³-hybridized carbons (Fsp3) is 0.462. The van der Waals surface area contributed by atoms with Crippen molar-refractivity contribution in [1.82, 2.24) is 10.2 Å². The van der Waals surface area contributed by atoms with Crippen molar-refractivity contribution in [3.05, 3.63) is 64.7 Å². The van der Waals surface area contributed by atoms with Crippen LogP contribution in [0.15, 0.2) is 48.5 Å². The minimum absolute atomic E-state index is 0.0425. The van der Waals surface area contributed by atoms with Crippen LogP contribution >= 0.6 is 11.6 Å². The first-order valence-corrected chi connectivity index (χ1v) is 11.8. The average molecular weight is 459 g/mol. The molecule has 2 amide bonds. The van der Waals surface area contributed by atoms with Gasteiger partial charge >= 0.3 is 0 Å². The van der Waals surface area contributed by atoms with E-state index in [9.17, 15) is 9.59 Å². The maximum atomic E-state index is 13.2. The van der Waals surface area contributed by atoms with Crippen molar-refractivity contribution in [2.75, 3.05) is 6.61 Å². The molecule has 2 unspecified atom stereocenters. The fourth-order valence-corrected chi connectivity index (χ4v) is 3.55. The summed E-state index contributed by atoms with van der Waals surface area (Å²) >= 11 is 5.90. The lowest BCUT2D eigenvalue weighted by molar-refractivity contribution is -0.141. The zero-order valence-electron chi connectivity index (χ0n) is 19.6. The minimum atomic E-state index is -0.506. The Labute approximate surface area is 197 Å². The second-order valence-corrected chi connectivity index (χ2v) is 8.53. The number of nitrogens with zero attached hydrogens (tertiary/aromatic N) is 1. The third-order valence-electron chi connectivity index (χ3n) is 5.61. The Morgan fingerprint density at radius 3 is 2.38 bits per heavy atom. The van der Waals surface area contributed by atoms with Crippen LogP contribution in [-0.4, -0.2) is 35.4 Å². The molecule has 2 aromatic carbocycles. The highest BCUT2D eigenvalue weighted by atomic mass is 35.5. The number of benzene rings is 2. The van der Waals surface area contributed by atoms with E-state index in [1.54, 1.807) is 29.2 Å². The molecule has 0 aliphatic heterocycles. The van der Waals surface area contributed by atoms with Gasteiger partial charge in [0.05, 0.1) is 6.61 Å². The Kier molecular flexibility index (Phi) is 10.5. The van der Waals surface area contributed by atoms with Crippen molar-refractivity contribution in [3.8, 4) is 5.75 Å². The number of hydrogen-bond donors (Lipinski definition) is 1. The summed E-state index contributed by atoms with van der Waals surface area (Å²) < 4.78 is 5.72. The fourth-order valence-electron chi connectivity index (χ4n) is 3.42. The summed E-state index contributed by atoms with van der Waals surface area (Å²) in [4.78, 5) is 27.9. The zero-order valence-corrected chi connectivity index (χ0v) is 20.3. The molecule has 32 heavy (non-hydrogen) atoms. The van der Waals surface area contributed by atoms with Gasteiger partial charge in [0.1, 0.15) is 11.8 Å². The van der Waals surface area contributed by atoms with Crippen molar-refractivity contribution < 1.29 is 14.3 Å². The van der Waals surface area contributed by atoms with Crippen LogP contribution in [0.1, 0.15) is 57.6 Å². The van der Waals surface area contributed by atoms with Crippen LogP contribution < -0.4 is 10.1 Å². The summed E-state index contributed by atoms with van der Waals surface area (Å²) in [7, 11) is 0. The molecule has 6 heteroatoms. The van der Waals surface area contributed by atoms with Gasteiger partial charge in [-0.15, -0.1) is 0 Å². The quantitative estimate of drug-likeness (QED) is 0.425. The Hall–Kier alpha value is -2.53. The summed E-state index contributed by atoms with van der Waals surface area (Å²) in [5, 5.41) is 3.69. The summed E-state index contributed by atoms with van der Waals surface area (Å²) in [6, 6.07) is 14.7. The first kappa shape index (κ1) is 25.7. The normalized spacial score (nSPS) is 12.7. The number of amides is 2. The van der Waals surface area contributed by atoms with Crippen LogP contribution in [0.4, 0.5) is 0 Å². The van der Waals surface area contributed by atoms with Gasteiger partial charge in [0, 0.05) is 24.0 Å². The molecule has 0 saturated carbocycles. The molecule has 0 aromatic heterocycles. The summed E-state index contributed by atoms with van der Waals surface area (Å²) in [6.07, 6.45) is 2.28. The maximum Gasteiger partial charge on any atom is 0.243 e. The number of nitrogens with one attached hydrogen (secondary N) is 1. The van der Waals surface area contributed by atoms with Crippen molar-refractivity contribution in [2.45, 2.75) is 72.0 Å².